The first kappa shape index (κ1) is 9.90. The molecule has 0 aromatic heterocycles. The van der Waals surface area contributed by atoms with Crippen LogP contribution >= 0.6 is 34.2 Å². The molecule has 0 saturated carbocycles. The molecule has 0 saturated heterocycles. The predicted octanol–water partition coefficient (Wildman–Crippen LogP) is 1.27. The van der Waals surface area contributed by atoms with Crippen molar-refractivity contribution in [1.82, 2.24) is 5.32 Å². The fourth-order valence-corrected chi connectivity index (χ4v) is 1.03. The lowest BCUT2D eigenvalue weighted by Crippen LogP contribution is -2.07. The van der Waals surface area contributed by atoms with Crippen LogP contribution in [0.4, 0.5) is 0 Å². The van der Waals surface area contributed by atoms with Gasteiger partial charge in [-0.15, -0.1) is 0 Å². The van der Waals surface area contributed by atoms with Crippen LogP contribution in [0.3, 0.4) is 0 Å². The van der Waals surface area contributed by atoms with Gasteiger partial charge in [0, 0.05) is 7.05 Å². The topological polar surface area (TPSA) is 53.0 Å². The van der Waals surface area contributed by atoms with Crippen LogP contribution < -0.4 is 5.32 Å². The third kappa shape index (κ3) is 2.66. The quantitative estimate of drug-likeness (QED) is 0.267. The van der Waals surface area contributed by atoms with Crippen LogP contribution in [0.2, 0.25) is 0 Å². The fraction of sp³-hybridized carbons (Fsp3) is 0.200. The van der Waals surface area contributed by atoms with Crippen LogP contribution in [0.5, 0.6) is 0 Å². The molecule has 0 radical (unpaired) electrons. The van der Waals surface area contributed by atoms with E-state index in [-0.39, 0.29) is 14.4 Å². The van der Waals surface area contributed by atoms with Gasteiger partial charge in [-0.1, -0.05) is 11.6 Å². The van der Waals surface area contributed by atoms with Crippen molar-refractivity contribution in [1.29, 1.82) is 5.41 Å². The van der Waals surface area contributed by atoms with Crippen LogP contribution in [-0.2, 0) is 4.79 Å². The van der Waals surface area contributed by atoms with Crippen molar-refractivity contribution in [3.8, 4) is 0 Å². The van der Waals surface area contributed by atoms with E-state index >= 15 is 0 Å². The minimum Gasteiger partial charge on any atom is -0.378 e. The maximum absolute atomic E-state index is 10.2. The van der Waals surface area contributed by atoms with Gasteiger partial charge in [0.25, 0.3) is 0 Å². The van der Waals surface area contributed by atoms with Crippen LogP contribution in [0, 0.1) is 5.41 Å². The maximum Gasteiger partial charge on any atom is 0.155 e. The van der Waals surface area contributed by atoms with Gasteiger partial charge in [-0.25, -0.2) is 0 Å². The number of halogens is 2. The second kappa shape index (κ2) is 4.68. The SMILES string of the molecule is CN/C(Cl)=C(/C=O)C(=N)I. The Labute approximate surface area is 77.5 Å². The molecule has 0 rings (SSSR count). The maximum atomic E-state index is 10.2. The smallest absolute Gasteiger partial charge is 0.155 e. The molecule has 5 heteroatoms. The second-order valence-electron chi connectivity index (χ2n) is 1.41. The number of carbonyl (C=O) groups is 1. The molecule has 0 aliphatic carbocycles. The van der Waals surface area contributed by atoms with Gasteiger partial charge in [0.1, 0.15) is 8.87 Å². The zero-order valence-corrected chi connectivity index (χ0v) is 8.15. The minimum atomic E-state index is 0.131. The standard InChI is InChI=1S/C5H6ClIN2O/c1-9-4(6)3(2-10)5(7)8/h2,8-9H,1H3/b4-3-,8-5?. The van der Waals surface area contributed by atoms with E-state index in [2.05, 4.69) is 5.32 Å². The molecule has 0 bridgehead atoms. The number of hydrogen-bond donors (Lipinski definition) is 2. The summed E-state index contributed by atoms with van der Waals surface area (Å²) in [6, 6.07) is 0. The monoisotopic (exact) mass is 272 g/mol. The van der Waals surface area contributed by atoms with Gasteiger partial charge in [0.2, 0.25) is 0 Å². The average Bonchev–Trinajstić information content (AvgIpc) is 1.88. The van der Waals surface area contributed by atoms with E-state index in [1.807, 2.05) is 0 Å². The minimum absolute atomic E-state index is 0.131. The van der Waals surface area contributed by atoms with Gasteiger partial charge >= 0.3 is 0 Å². The molecule has 0 aliphatic heterocycles. The lowest BCUT2D eigenvalue weighted by molar-refractivity contribution is -0.104. The number of allylic oxidation sites excluding steroid dienone is 1. The molecule has 3 nitrogen and oxygen atoms in total. The molecule has 56 valence electrons. The van der Waals surface area contributed by atoms with Crippen molar-refractivity contribution in [2.75, 3.05) is 7.05 Å². The molecular formula is C5H6ClIN2O. The second-order valence-corrected chi connectivity index (χ2v) is 2.87. The highest BCUT2D eigenvalue weighted by atomic mass is 127. The third-order valence-corrected chi connectivity index (χ3v) is 1.78. The van der Waals surface area contributed by atoms with Crippen molar-refractivity contribution in [2.24, 2.45) is 0 Å². The Morgan fingerprint density at radius 3 is 2.40 bits per heavy atom. The third-order valence-electron chi connectivity index (χ3n) is 0.810. The Kier molecular flexibility index (Phi) is 4.63. The zero-order valence-electron chi connectivity index (χ0n) is 5.24. The number of nitrogens with one attached hydrogen (secondary N) is 2. The number of rotatable bonds is 3. The van der Waals surface area contributed by atoms with E-state index in [0.717, 1.165) is 0 Å². The van der Waals surface area contributed by atoms with E-state index in [0.29, 0.717) is 6.29 Å². The summed E-state index contributed by atoms with van der Waals surface area (Å²) >= 11 is 7.23. The van der Waals surface area contributed by atoms with E-state index in [9.17, 15) is 4.79 Å². The zero-order chi connectivity index (χ0) is 8.15. The van der Waals surface area contributed by atoms with Gasteiger partial charge in [0.15, 0.2) is 6.29 Å². The highest BCUT2D eigenvalue weighted by Crippen LogP contribution is 2.08. The molecule has 0 aliphatic rings. The number of hydrogen-bond acceptors (Lipinski definition) is 3. The molecular weight excluding hydrogens is 266 g/mol. The first-order chi connectivity index (χ1) is 4.63. The number of carbonyl (C=O) groups excluding carboxylic acids is 1. The van der Waals surface area contributed by atoms with Crippen LogP contribution in [0.25, 0.3) is 0 Å². The lowest BCUT2D eigenvalue weighted by atomic mass is 10.3. The Balaban J connectivity index is 4.62. The predicted molar refractivity (Wildman–Crippen MR) is 49.7 cm³/mol. The first-order valence-electron chi connectivity index (χ1n) is 2.40. The number of aldehydes is 1. The average molecular weight is 272 g/mol. The normalized spacial score (nSPS) is 11.9. The summed E-state index contributed by atoms with van der Waals surface area (Å²) in [5.41, 5.74) is 0.185. The molecule has 0 aromatic rings. The molecule has 10 heavy (non-hydrogen) atoms. The van der Waals surface area contributed by atoms with Crippen molar-refractivity contribution in [3.63, 3.8) is 0 Å². The molecule has 0 spiro atoms. The van der Waals surface area contributed by atoms with E-state index in [1.54, 1.807) is 29.6 Å². The van der Waals surface area contributed by atoms with Gasteiger partial charge in [-0.05, 0) is 22.6 Å². The summed E-state index contributed by atoms with van der Waals surface area (Å²) < 4.78 is 0.131. The summed E-state index contributed by atoms with van der Waals surface area (Å²) in [7, 11) is 1.59. The lowest BCUT2D eigenvalue weighted by Gasteiger charge is -1.98. The van der Waals surface area contributed by atoms with Gasteiger partial charge in [-0.3, -0.25) is 10.2 Å². The Bertz CT molecular complexity index is 190. The Hall–Kier alpha value is -0.100. The molecule has 0 atom stereocenters. The molecule has 2 N–H and O–H groups in total. The van der Waals surface area contributed by atoms with Crippen molar-refractivity contribution in [2.45, 2.75) is 0 Å². The highest BCUT2D eigenvalue weighted by Gasteiger charge is 2.04. The van der Waals surface area contributed by atoms with Crippen molar-refractivity contribution >= 4 is 44.2 Å². The highest BCUT2D eigenvalue weighted by molar-refractivity contribution is 14.1. The Morgan fingerprint density at radius 2 is 2.30 bits per heavy atom. The molecule has 0 heterocycles. The molecule has 0 aromatic carbocycles. The molecule has 0 fully saturated rings. The summed E-state index contributed by atoms with van der Waals surface area (Å²) in [5.74, 6) is 0. The first-order valence-corrected chi connectivity index (χ1v) is 3.86. The molecule has 0 unspecified atom stereocenters. The van der Waals surface area contributed by atoms with Gasteiger partial charge < -0.3 is 5.32 Å². The van der Waals surface area contributed by atoms with Crippen LogP contribution in [0.1, 0.15) is 0 Å². The van der Waals surface area contributed by atoms with Crippen LogP contribution in [-0.4, -0.2) is 17.1 Å². The van der Waals surface area contributed by atoms with Crippen molar-refractivity contribution in [3.05, 3.63) is 10.7 Å². The van der Waals surface area contributed by atoms with Crippen LogP contribution in [0.15, 0.2) is 10.7 Å². The van der Waals surface area contributed by atoms with Gasteiger partial charge in [0.05, 0.1) is 5.57 Å². The summed E-state index contributed by atoms with van der Waals surface area (Å²) in [6.07, 6.45) is 0.549. The Morgan fingerprint density at radius 1 is 1.80 bits per heavy atom. The summed E-state index contributed by atoms with van der Waals surface area (Å²) in [5, 5.41) is 9.83. The molecule has 0 amide bonds. The van der Waals surface area contributed by atoms with E-state index in [1.165, 1.54) is 0 Å². The van der Waals surface area contributed by atoms with Gasteiger partial charge in [-0.2, -0.15) is 0 Å². The summed E-state index contributed by atoms with van der Waals surface area (Å²) in [6.45, 7) is 0. The van der Waals surface area contributed by atoms with Crippen molar-refractivity contribution < 1.29 is 4.79 Å². The van der Waals surface area contributed by atoms with E-state index < -0.39 is 0 Å². The summed E-state index contributed by atoms with van der Waals surface area (Å²) in [4.78, 5) is 10.2. The fourth-order valence-electron chi connectivity index (χ4n) is 0.334. The largest absolute Gasteiger partial charge is 0.378 e. The van der Waals surface area contributed by atoms with E-state index in [4.69, 9.17) is 17.0 Å².